The van der Waals surface area contributed by atoms with E-state index in [-0.39, 0.29) is 0 Å². The van der Waals surface area contributed by atoms with Crippen LogP contribution in [0, 0.1) is 0 Å². The largest absolute Gasteiger partial charge is 0.455 e. The Bertz CT molecular complexity index is 6840. The molecule has 0 aliphatic rings. The molecule has 470 valence electrons. The van der Waals surface area contributed by atoms with Crippen LogP contribution in [0.15, 0.2) is 330 Å². The summed E-state index contributed by atoms with van der Waals surface area (Å²) in [6.07, 6.45) is 0. The number of hydrogen-bond donors (Lipinski definition) is 0. The normalized spacial score (nSPS) is 12.0. The highest BCUT2D eigenvalue weighted by molar-refractivity contribution is 6.15. The second-order valence-electron chi connectivity index (χ2n) is 25.7. The summed E-state index contributed by atoms with van der Waals surface area (Å²) in [6.45, 7) is 0. The average molecular weight is 1290 g/mol. The first-order valence-corrected chi connectivity index (χ1v) is 33.8. The van der Waals surface area contributed by atoms with E-state index in [1.54, 1.807) is 0 Å². The van der Waals surface area contributed by atoms with Gasteiger partial charge >= 0.3 is 0 Å². The van der Waals surface area contributed by atoms with Crippen molar-refractivity contribution in [2.75, 3.05) is 0 Å². The van der Waals surface area contributed by atoms with Crippen LogP contribution in [0.1, 0.15) is 0 Å². The Morgan fingerprint density at radius 2 is 0.525 bits per heavy atom. The molecule has 21 rings (SSSR count). The van der Waals surface area contributed by atoms with Crippen molar-refractivity contribution in [3.05, 3.63) is 322 Å². The van der Waals surface area contributed by atoms with Gasteiger partial charge in [-0.3, -0.25) is 9.13 Å². The van der Waals surface area contributed by atoms with Crippen LogP contribution in [0.5, 0.6) is 0 Å². The Balaban J connectivity index is 0.688. The Morgan fingerprint density at radius 3 is 0.990 bits per heavy atom. The van der Waals surface area contributed by atoms with Crippen LogP contribution < -0.4 is 0 Å². The average Bonchev–Trinajstić information content (AvgIpc) is 1.59. The predicted molar refractivity (Wildman–Crippen MR) is 409 cm³/mol. The van der Waals surface area contributed by atoms with Gasteiger partial charge in [0, 0.05) is 70.7 Å². The van der Waals surface area contributed by atoms with Gasteiger partial charge in [0.25, 0.3) is 0 Å². The van der Waals surface area contributed by atoms with Gasteiger partial charge in [-0.2, -0.15) is 19.9 Å². The fourth-order valence-corrected chi connectivity index (χ4v) is 15.3. The first-order chi connectivity index (χ1) is 50.0. The molecule has 0 amide bonds. The lowest BCUT2D eigenvalue weighted by atomic mass is 9.99. The van der Waals surface area contributed by atoms with E-state index in [1.165, 1.54) is 0 Å². The molecule has 0 spiro atoms. The van der Waals surface area contributed by atoms with E-state index in [4.69, 9.17) is 38.7 Å². The lowest BCUT2D eigenvalue weighted by Crippen LogP contribution is -2.06. The van der Waals surface area contributed by atoms with Crippen molar-refractivity contribution in [2.45, 2.75) is 0 Å². The van der Waals surface area contributed by atoms with Gasteiger partial charge in [0.1, 0.15) is 22.3 Å². The molecule has 0 N–H and O–H groups in total. The van der Waals surface area contributed by atoms with Crippen LogP contribution in [-0.2, 0) is 0 Å². The summed E-state index contributed by atoms with van der Waals surface area (Å²) in [7, 11) is 0. The van der Waals surface area contributed by atoms with E-state index in [1.807, 2.05) is 48.5 Å². The monoisotopic (exact) mass is 1290 g/mol. The first-order valence-electron chi connectivity index (χ1n) is 33.8. The molecule has 7 heterocycles. The van der Waals surface area contributed by atoms with Gasteiger partial charge in [-0.05, 0) is 124 Å². The fourth-order valence-electron chi connectivity index (χ4n) is 15.3. The number of hydrogen-bond acceptors (Lipinski definition) is 8. The molecule has 0 aliphatic carbocycles. The van der Waals surface area contributed by atoms with E-state index >= 15 is 0 Å². The van der Waals surface area contributed by atoms with Gasteiger partial charge in [-0.1, -0.05) is 231 Å². The highest BCUT2D eigenvalue weighted by atomic mass is 16.3. The number of aromatic nitrogens is 9. The number of rotatable bonds is 10. The molecular formula is C90H53N9O2. The van der Waals surface area contributed by atoms with Crippen LogP contribution in [-0.4, -0.2) is 43.6 Å². The van der Waals surface area contributed by atoms with Crippen LogP contribution >= 0.6 is 0 Å². The molecule has 0 atom stereocenters. The third kappa shape index (κ3) is 9.00. The van der Waals surface area contributed by atoms with Crippen molar-refractivity contribution in [1.29, 1.82) is 0 Å². The zero-order valence-electron chi connectivity index (χ0n) is 53.9. The minimum atomic E-state index is 0.507. The number of para-hydroxylation sites is 6. The third-order valence-corrected chi connectivity index (χ3v) is 20.0. The van der Waals surface area contributed by atoms with Gasteiger partial charge < -0.3 is 13.4 Å². The van der Waals surface area contributed by atoms with Crippen LogP contribution in [0.4, 0.5) is 0 Å². The Labute approximate surface area is 576 Å². The lowest BCUT2D eigenvalue weighted by Gasteiger charge is -2.11. The van der Waals surface area contributed by atoms with Crippen molar-refractivity contribution in [1.82, 2.24) is 43.6 Å². The number of benzene rings is 14. The summed E-state index contributed by atoms with van der Waals surface area (Å²) in [5.41, 5.74) is 20.1. The maximum absolute atomic E-state index is 6.96. The maximum Gasteiger partial charge on any atom is 0.238 e. The van der Waals surface area contributed by atoms with E-state index < -0.39 is 0 Å². The molecule has 0 radical (unpaired) electrons. The zero-order valence-corrected chi connectivity index (χ0v) is 53.9. The Kier molecular flexibility index (Phi) is 12.4. The predicted octanol–water partition coefficient (Wildman–Crippen LogP) is 22.8. The van der Waals surface area contributed by atoms with Crippen molar-refractivity contribution in [3.63, 3.8) is 0 Å². The molecule has 11 nitrogen and oxygen atoms in total. The molecule has 0 saturated carbocycles. The second kappa shape index (κ2) is 22.3. The molecule has 11 heteroatoms. The smallest absolute Gasteiger partial charge is 0.238 e. The minimum absolute atomic E-state index is 0.507. The maximum atomic E-state index is 6.96. The molecule has 0 saturated heterocycles. The summed E-state index contributed by atoms with van der Waals surface area (Å²) < 4.78 is 20.4. The SMILES string of the molecule is c1ccc(-c2ccc3oc4c(-c5nc(-c6ccc(-c7ccc8c(c7)c7cc(-c9ccccc9)ccc7n8-c7ccc8oc9c(-c%10nc(-c%11ccccc%11)nc(-n%11c%12ccccc%12c%12ccccc%12%11)n%10)cccc9c8c7)cc6)nc(-n6c7ccccc7c7ccccc76)n5)cccc4c3c2)cc1. The number of nitrogens with zero attached hydrogens (tertiary/aromatic N) is 9. The highest BCUT2D eigenvalue weighted by Crippen LogP contribution is 2.44. The summed E-state index contributed by atoms with van der Waals surface area (Å²) in [5.74, 6) is 3.16. The zero-order chi connectivity index (χ0) is 66.2. The van der Waals surface area contributed by atoms with E-state index in [2.05, 4.69) is 287 Å². The summed E-state index contributed by atoms with van der Waals surface area (Å²) >= 11 is 0. The molecule has 0 bridgehead atoms. The summed E-state index contributed by atoms with van der Waals surface area (Å²) in [5, 5.41) is 10.7. The van der Waals surface area contributed by atoms with Gasteiger partial charge in [0.2, 0.25) is 11.9 Å². The summed E-state index contributed by atoms with van der Waals surface area (Å²) in [4.78, 5) is 31.8. The highest BCUT2D eigenvalue weighted by Gasteiger charge is 2.25. The van der Waals surface area contributed by atoms with Gasteiger partial charge in [-0.15, -0.1) is 0 Å². The van der Waals surface area contributed by atoms with E-state index in [9.17, 15) is 0 Å². The fraction of sp³-hybridized carbons (Fsp3) is 0. The Hall–Kier alpha value is -13.9. The van der Waals surface area contributed by atoms with Crippen molar-refractivity contribution in [3.8, 4) is 96.5 Å². The second-order valence-corrected chi connectivity index (χ2v) is 25.7. The van der Waals surface area contributed by atoms with Crippen molar-refractivity contribution in [2.24, 2.45) is 0 Å². The molecular weight excluding hydrogens is 1240 g/mol. The van der Waals surface area contributed by atoms with E-state index in [0.29, 0.717) is 46.4 Å². The molecule has 21 aromatic rings. The lowest BCUT2D eigenvalue weighted by molar-refractivity contribution is 0.669. The molecule has 101 heavy (non-hydrogen) atoms. The minimum Gasteiger partial charge on any atom is -0.455 e. The number of furan rings is 2. The molecule has 0 unspecified atom stereocenters. The van der Waals surface area contributed by atoms with Crippen molar-refractivity contribution < 1.29 is 8.83 Å². The van der Waals surface area contributed by atoms with E-state index in [0.717, 1.165) is 159 Å². The van der Waals surface area contributed by atoms with Crippen molar-refractivity contribution >= 4 is 109 Å². The van der Waals surface area contributed by atoms with Gasteiger partial charge in [0.15, 0.2) is 23.3 Å². The summed E-state index contributed by atoms with van der Waals surface area (Å²) in [6, 6.07) is 113. The Morgan fingerprint density at radius 1 is 0.198 bits per heavy atom. The molecule has 0 fully saturated rings. The van der Waals surface area contributed by atoms with Crippen LogP contribution in [0.25, 0.3) is 206 Å². The molecule has 0 aliphatic heterocycles. The topological polar surface area (TPSA) is 118 Å². The van der Waals surface area contributed by atoms with Crippen LogP contribution in [0.2, 0.25) is 0 Å². The standard InChI is InChI=1S/C90H53N9O2/c1-4-20-54(21-5-1)59-42-46-79-71(50-59)72-51-60(43-47-80(72)97(79)62-45-49-82-74(53-62)68-31-19-33-70(84(68)101-82)87-91-85(57-24-8-3-9-25-57)93-89(95-87)98-75-34-14-10-26-63(75)64-27-11-15-35-76(64)98)56-38-40-58(41-39-56)86-92-88(96-90(94-86)99-77-36-16-12-28-65(77)66-29-13-17-37-78(66)99)69-32-18-30-67-73-52-61(55-22-6-2-7-23-55)44-48-81(73)100-83(67)69/h1-53H. The first kappa shape index (κ1) is 56.3. The third-order valence-electron chi connectivity index (χ3n) is 20.0. The van der Waals surface area contributed by atoms with Gasteiger partial charge in [0.05, 0.1) is 44.2 Å². The molecule has 14 aromatic carbocycles. The van der Waals surface area contributed by atoms with Crippen LogP contribution in [0.3, 0.4) is 0 Å². The quantitative estimate of drug-likeness (QED) is 0.133. The van der Waals surface area contributed by atoms with Gasteiger partial charge in [-0.25, -0.2) is 9.97 Å². The molecule has 7 aromatic heterocycles. The number of fused-ring (bicyclic) bond motifs is 15.